The van der Waals surface area contributed by atoms with E-state index in [4.69, 9.17) is 0 Å². The predicted molar refractivity (Wildman–Crippen MR) is 86.6 cm³/mol. The molecule has 20 heavy (non-hydrogen) atoms. The van der Waals surface area contributed by atoms with E-state index in [0.29, 0.717) is 12.2 Å². The molecule has 0 fully saturated rings. The highest BCUT2D eigenvalue weighted by atomic mass is 79.9. The van der Waals surface area contributed by atoms with E-state index in [-0.39, 0.29) is 16.0 Å². The van der Waals surface area contributed by atoms with Gasteiger partial charge in [0, 0.05) is 27.4 Å². The van der Waals surface area contributed by atoms with Gasteiger partial charge >= 0.3 is 0 Å². The number of rotatable bonds is 5. The van der Waals surface area contributed by atoms with Gasteiger partial charge in [-0.2, -0.15) is 0 Å². The summed E-state index contributed by atoms with van der Waals surface area (Å²) >= 11 is 5.04. The Kier molecular flexibility index (Phi) is 4.45. The van der Waals surface area contributed by atoms with Crippen LogP contribution in [0.2, 0.25) is 0 Å². The molecule has 0 aliphatic carbocycles. The summed E-state index contributed by atoms with van der Waals surface area (Å²) in [6.45, 7) is 4.87. The van der Waals surface area contributed by atoms with Crippen LogP contribution in [0.3, 0.4) is 0 Å². The van der Waals surface area contributed by atoms with E-state index in [1.165, 1.54) is 10.9 Å². The van der Waals surface area contributed by atoms with Crippen molar-refractivity contribution in [2.45, 2.75) is 19.3 Å². The third-order valence-electron chi connectivity index (χ3n) is 3.06. The number of nitrogens with one attached hydrogen (secondary N) is 1. The molecule has 0 amide bonds. The van der Waals surface area contributed by atoms with E-state index in [2.05, 4.69) is 41.2 Å². The highest BCUT2D eigenvalue weighted by Crippen LogP contribution is 2.31. The topological polar surface area (TPSA) is 55.2 Å². The van der Waals surface area contributed by atoms with E-state index < -0.39 is 0 Å². The van der Waals surface area contributed by atoms with Crippen LogP contribution in [0.1, 0.15) is 18.7 Å². The predicted octanol–water partition coefficient (Wildman–Crippen LogP) is 4.81. The van der Waals surface area contributed by atoms with Crippen LogP contribution in [-0.2, 0) is 5.41 Å². The van der Waals surface area contributed by atoms with Gasteiger partial charge in [0.05, 0.1) is 4.92 Å². The van der Waals surface area contributed by atoms with Crippen molar-refractivity contribution in [1.29, 1.82) is 0 Å². The summed E-state index contributed by atoms with van der Waals surface area (Å²) in [6, 6.07) is 9.02. The number of thiophene rings is 1. The molecule has 6 heteroatoms. The van der Waals surface area contributed by atoms with Gasteiger partial charge in [-0.1, -0.05) is 35.8 Å². The number of nitro groups is 1. The largest absolute Gasteiger partial charge is 0.379 e. The molecular weight excluding hydrogens is 340 g/mol. The minimum atomic E-state index is -0.368. The number of nitro benzene ring substituents is 1. The molecular formula is C14H15BrN2O2S. The zero-order valence-electron chi connectivity index (χ0n) is 11.2. The molecule has 0 bridgehead atoms. The van der Waals surface area contributed by atoms with Crippen LogP contribution in [0.4, 0.5) is 11.4 Å². The maximum atomic E-state index is 11.0. The van der Waals surface area contributed by atoms with Gasteiger partial charge in [-0.25, -0.2) is 0 Å². The minimum absolute atomic E-state index is 0.0790. The summed E-state index contributed by atoms with van der Waals surface area (Å²) in [5.74, 6) is 0. The van der Waals surface area contributed by atoms with Crippen LogP contribution < -0.4 is 5.32 Å². The first-order valence-electron chi connectivity index (χ1n) is 6.12. The Hall–Kier alpha value is -1.40. The van der Waals surface area contributed by atoms with Crippen LogP contribution in [0.25, 0.3) is 0 Å². The van der Waals surface area contributed by atoms with Crippen molar-refractivity contribution in [2.75, 3.05) is 11.9 Å². The molecule has 0 radical (unpaired) electrons. The van der Waals surface area contributed by atoms with Gasteiger partial charge in [0.2, 0.25) is 0 Å². The van der Waals surface area contributed by atoms with Crippen LogP contribution >= 0.6 is 27.3 Å². The van der Waals surface area contributed by atoms with Gasteiger partial charge in [-0.3, -0.25) is 10.1 Å². The first-order valence-corrected chi connectivity index (χ1v) is 7.79. The molecule has 0 aliphatic rings. The van der Waals surface area contributed by atoms with E-state index in [1.807, 2.05) is 11.4 Å². The van der Waals surface area contributed by atoms with Crippen molar-refractivity contribution in [3.05, 3.63) is 55.2 Å². The summed E-state index contributed by atoms with van der Waals surface area (Å²) in [5.41, 5.74) is 0.550. The SMILES string of the molecule is CC(C)(CNc1cc(Br)ccc1[N+](=O)[O-])c1cccs1. The summed E-state index contributed by atoms with van der Waals surface area (Å²) in [7, 11) is 0. The molecule has 4 nitrogen and oxygen atoms in total. The third kappa shape index (κ3) is 3.37. The molecule has 0 atom stereocenters. The van der Waals surface area contributed by atoms with Gasteiger partial charge in [-0.05, 0) is 23.6 Å². The van der Waals surface area contributed by atoms with Crippen LogP contribution in [0, 0.1) is 10.1 Å². The lowest BCUT2D eigenvalue weighted by Crippen LogP contribution is -2.26. The second-order valence-corrected chi connectivity index (χ2v) is 7.00. The molecule has 0 unspecified atom stereocenters. The number of nitrogens with zero attached hydrogens (tertiary/aromatic N) is 1. The second kappa shape index (κ2) is 5.93. The monoisotopic (exact) mass is 354 g/mol. The fourth-order valence-corrected chi connectivity index (χ4v) is 3.09. The molecule has 0 aliphatic heterocycles. The average Bonchev–Trinajstić information content (AvgIpc) is 2.90. The molecule has 2 aromatic rings. The lowest BCUT2D eigenvalue weighted by atomic mass is 9.91. The van der Waals surface area contributed by atoms with E-state index in [0.717, 1.165) is 4.47 Å². The van der Waals surface area contributed by atoms with Gasteiger partial charge < -0.3 is 5.32 Å². The van der Waals surface area contributed by atoms with Gasteiger partial charge in [0.1, 0.15) is 5.69 Å². The number of hydrogen-bond acceptors (Lipinski definition) is 4. The zero-order valence-corrected chi connectivity index (χ0v) is 13.6. The molecule has 0 saturated heterocycles. The molecule has 0 saturated carbocycles. The summed E-state index contributed by atoms with van der Waals surface area (Å²) in [4.78, 5) is 11.9. The maximum absolute atomic E-state index is 11.0. The lowest BCUT2D eigenvalue weighted by molar-refractivity contribution is -0.384. The summed E-state index contributed by atoms with van der Waals surface area (Å²) in [5, 5.41) is 16.3. The number of hydrogen-bond donors (Lipinski definition) is 1. The van der Waals surface area contributed by atoms with Crippen molar-refractivity contribution in [3.8, 4) is 0 Å². The number of benzene rings is 1. The average molecular weight is 355 g/mol. The van der Waals surface area contributed by atoms with Gasteiger partial charge in [0.15, 0.2) is 0 Å². The van der Waals surface area contributed by atoms with Crippen LogP contribution in [-0.4, -0.2) is 11.5 Å². The first kappa shape index (κ1) is 15.0. The Balaban J connectivity index is 2.19. The van der Waals surface area contributed by atoms with E-state index >= 15 is 0 Å². The highest BCUT2D eigenvalue weighted by Gasteiger charge is 2.23. The molecule has 1 aromatic carbocycles. The van der Waals surface area contributed by atoms with Gasteiger partial charge in [0.25, 0.3) is 5.69 Å². The fraction of sp³-hybridized carbons (Fsp3) is 0.286. The summed E-state index contributed by atoms with van der Waals surface area (Å²) in [6.07, 6.45) is 0. The molecule has 0 spiro atoms. The minimum Gasteiger partial charge on any atom is -0.379 e. The highest BCUT2D eigenvalue weighted by molar-refractivity contribution is 9.10. The molecule has 1 N–H and O–H groups in total. The standard InChI is InChI=1S/C14H15BrN2O2S/c1-14(2,13-4-3-7-20-13)9-16-11-8-10(15)5-6-12(11)17(18)19/h3-8,16H,9H2,1-2H3. The normalized spacial score (nSPS) is 11.3. The maximum Gasteiger partial charge on any atom is 0.292 e. The fourth-order valence-electron chi connectivity index (χ4n) is 1.88. The molecule has 1 heterocycles. The Morgan fingerprint density at radius 2 is 2.15 bits per heavy atom. The number of halogens is 1. The Bertz CT molecular complexity index is 612. The number of anilines is 1. The Morgan fingerprint density at radius 1 is 1.40 bits per heavy atom. The zero-order chi connectivity index (χ0) is 14.8. The lowest BCUT2D eigenvalue weighted by Gasteiger charge is -2.24. The Morgan fingerprint density at radius 3 is 2.75 bits per heavy atom. The van der Waals surface area contributed by atoms with Crippen LogP contribution in [0.15, 0.2) is 40.2 Å². The Labute approximate surface area is 130 Å². The van der Waals surface area contributed by atoms with Crippen molar-refractivity contribution < 1.29 is 4.92 Å². The van der Waals surface area contributed by atoms with Crippen LogP contribution in [0.5, 0.6) is 0 Å². The second-order valence-electron chi connectivity index (χ2n) is 5.13. The smallest absolute Gasteiger partial charge is 0.292 e. The van der Waals surface area contributed by atoms with E-state index in [9.17, 15) is 10.1 Å². The van der Waals surface area contributed by atoms with Crippen molar-refractivity contribution in [3.63, 3.8) is 0 Å². The summed E-state index contributed by atoms with van der Waals surface area (Å²) < 4.78 is 0.819. The molecule has 1 aromatic heterocycles. The van der Waals surface area contributed by atoms with Crippen molar-refractivity contribution >= 4 is 38.6 Å². The van der Waals surface area contributed by atoms with Crippen molar-refractivity contribution in [2.24, 2.45) is 0 Å². The first-order chi connectivity index (χ1) is 9.40. The molecule has 2 rings (SSSR count). The third-order valence-corrected chi connectivity index (χ3v) is 4.79. The van der Waals surface area contributed by atoms with Crippen molar-refractivity contribution in [1.82, 2.24) is 0 Å². The molecule has 106 valence electrons. The van der Waals surface area contributed by atoms with Gasteiger partial charge in [-0.15, -0.1) is 11.3 Å². The quantitative estimate of drug-likeness (QED) is 0.619. The van der Waals surface area contributed by atoms with E-state index in [1.54, 1.807) is 23.5 Å².